The van der Waals surface area contributed by atoms with Crippen LogP contribution < -0.4 is 5.32 Å². The van der Waals surface area contributed by atoms with Gasteiger partial charge in [0.05, 0.1) is 35.0 Å². The predicted octanol–water partition coefficient (Wildman–Crippen LogP) is 4.81. The quantitative estimate of drug-likeness (QED) is 0.387. The Labute approximate surface area is 209 Å². The van der Waals surface area contributed by atoms with Crippen molar-refractivity contribution in [2.75, 3.05) is 18.4 Å². The number of benzene rings is 1. The van der Waals surface area contributed by atoms with Gasteiger partial charge in [0.15, 0.2) is 0 Å². The molecule has 0 radical (unpaired) electrons. The van der Waals surface area contributed by atoms with Crippen molar-refractivity contribution in [3.8, 4) is 0 Å². The fourth-order valence-electron chi connectivity index (χ4n) is 5.22. The molecule has 34 heavy (non-hydrogen) atoms. The summed E-state index contributed by atoms with van der Waals surface area (Å²) in [7, 11) is 0. The summed E-state index contributed by atoms with van der Waals surface area (Å²) in [6, 6.07) is 4.06. The van der Waals surface area contributed by atoms with E-state index in [2.05, 4.69) is 47.5 Å². The van der Waals surface area contributed by atoms with E-state index < -0.39 is 0 Å². The molecule has 0 bridgehead atoms. The van der Waals surface area contributed by atoms with Gasteiger partial charge in [-0.05, 0) is 66.7 Å². The molecule has 2 N–H and O–H groups in total. The van der Waals surface area contributed by atoms with Gasteiger partial charge in [-0.25, -0.2) is 9.97 Å². The van der Waals surface area contributed by atoms with Gasteiger partial charge < -0.3 is 15.0 Å². The van der Waals surface area contributed by atoms with E-state index in [1.165, 1.54) is 10.4 Å². The number of rotatable bonds is 3. The maximum Gasteiger partial charge on any atom is 0.226 e. The fraction of sp³-hybridized carbons (Fsp3) is 0.417. The normalized spacial score (nSPS) is 22.8. The van der Waals surface area contributed by atoms with E-state index in [0.29, 0.717) is 13.1 Å². The van der Waals surface area contributed by atoms with E-state index in [4.69, 9.17) is 4.74 Å². The molecule has 1 aliphatic heterocycles. The largest absolute Gasteiger partial charge is 0.372 e. The Bertz CT molecular complexity index is 1390. The molecule has 1 saturated heterocycles. The number of amides is 1. The molecule has 3 atom stereocenters. The van der Waals surface area contributed by atoms with Crippen LogP contribution in [0.5, 0.6) is 0 Å². The monoisotopic (exact) mass is 540 g/mol. The summed E-state index contributed by atoms with van der Waals surface area (Å²) in [5, 5.41) is 12.7. The second-order valence-electron chi connectivity index (χ2n) is 9.26. The summed E-state index contributed by atoms with van der Waals surface area (Å²) in [5.41, 5.74) is 3.17. The molecule has 0 saturated carbocycles. The standard InChI is InChI=1S/C24H25BrN6O2S/c1-12-9-31(10-13(2)33-12)24(32)14-3-4-16-20(6-14)34-23-21(16)22(26-11-27-23)29-19-5-15-8-28-30-18(15)7-17(19)25/h5,7-8,11-14H,3-4,6,9-10H2,1-2H3,(H,28,30)(H,26,27,29)/t12-,13-,14+/m1/s1. The van der Waals surface area contributed by atoms with Crippen LogP contribution in [0.4, 0.5) is 11.5 Å². The first-order chi connectivity index (χ1) is 16.5. The highest BCUT2D eigenvalue weighted by Gasteiger charge is 2.34. The van der Waals surface area contributed by atoms with Crippen molar-refractivity contribution in [2.24, 2.45) is 5.92 Å². The van der Waals surface area contributed by atoms with Crippen LogP contribution in [0.1, 0.15) is 30.7 Å². The molecule has 10 heteroatoms. The van der Waals surface area contributed by atoms with Gasteiger partial charge in [-0.15, -0.1) is 11.3 Å². The Morgan fingerprint density at radius 3 is 2.91 bits per heavy atom. The number of morpholine rings is 1. The molecule has 0 spiro atoms. The Kier molecular flexibility index (Phi) is 5.54. The number of H-pyrrole nitrogens is 1. The molecule has 6 rings (SSSR count). The second kappa shape index (κ2) is 8.58. The van der Waals surface area contributed by atoms with Gasteiger partial charge in [0.2, 0.25) is 5.91 Å². The number of aryl methyl sites for hydroxylation is 1. The van der Waals surface area contributed by atoms with E-state index in [1.54, 1.807) is 17.7 Å². The van der Waals surface area contributed by atoms with Crippen molar-refractivity contribution < 1.29 is 9.53 Å². The topological polar surface area (TPSA) is 96.0 Å². The summed E-state index contributed by atoms with van der Waals surface area (Å²) in [5.74, 6) is 1.07. The lowest BCUT2D eigenvalue weighted by Gasteiger charge is -2.37. The third kappa shape index (κ3) is 3.87. The Hall–Kier alpha value is -2.56. The van der Waals surface area contributed by atoms with Gasteiger partial charge in [-0.1, -0.05) is 0 Å². The third-order valence-electron chi connectivity index (χ3n) is 6.71. The van der Waals surface area contributed by atoms with Gasteiger partial charge in [0, 0.05) is 33.7 Å². The second-order valence-corrected chi connectivity index (χ2v) is 11.2. The number of nitrogens with one attached hydrogen (secondary N) is 2. The molecule has 1 aromatic carbocycles. The first kappa shape index (κ1) is 21.9. The van der Waals surface area contributed by atoms with Crippen molar-refractivity contribution in [1.82, 2.24) is 25.1 Å². The summed E-state index contributed by atoms with van der Waals surface area (Å²) >= 11 is 5.35. The number of carbonyl (C=O) groups is 1. The van der Waals surface area contributed by atoms with Gasteiger partial charge >= 0.3 is 0 Å². The van der Waals surface area contributed by atoms with Crippen LogP contribution in [-0.4, -0.2) is 56.3 Å². The molecule has 4 aromatic rings. The van der Waals surface area contributed by atoms with E-state index in [-0.39, 0.29) is 24.0 Å². The van der Waals surface area contributed by atoms with Gasteiger partial charge in [-0.3, -0.25) is 9.89 Å². The Balaban J connectivity index is 1.29. The highest BCUT2D eigenvalue weighted by Crippen LogP contribution is 2.41. The number of carbonyl (C=O) groups excluding carboxylic acids is 1. The number of hydrogen-bond donors (Lipinski definition) is 2. The number of aromatic nitrogens is 4. The number of nitrogens with zero attached hydrogens (tertiary/aromatic N) is 4. The minimum Gasteiger partial charge on any atom is -0.372 e. The SMILES string of the molecule is C[C@@H]1CN(C(=O)[C@H]2CCc3c(sc4ncnc(Nc5cc6cn[nH]c6cc5Br)c34)C2)C[C@@H](C)O1. The van der Waals surface area contributed by atoms with E-state index in [0.717, 1.165) is 56.4 Å². The van der Waals surface area contributed by atoms with Crippen molar-refractivity contribution in [3.05, 3.63) is 39.6 Å². The summed E-state index contributed by atoms with van der Waals surface area (Å²) < 4.78 is 6.75. The van der Waals surface area contributed by atoms with Gasteiger partial charge in [-0.2, -0.15) is 5.10 Å². The number of aromatic amines is 1. The number of fused-ring (bicyclic) bond motifs is 4. The maximum atomic E-state index is 13.3. The van der Waals surface area contributed by atoms with Crippen LogP contribution in [0.2, 0.25) is 0 Å². The molecule has 4 heterocycles. The molecule has 1 aliphatic carbocycles. The fourth-order valence-corrected chi connectivity index (χ4v) is 6.93. The molecule has 2 aliphatic rings. The zero-order valence-electron chi connectivity index (χ0n) is 19.0. The predicted molar refractivity (Wildman–Crippen MR) is 137 cm³/mol. The van der Waals surface area contributed by atoms with Crippen LogP contribution in [0.25, 0.3) is 21.1 Å². The molecular weight excluding hydrogens is 516 g/mol. The number of hydrogen-bond acceptors (Lipinski definition) is 7. The average molecular weight is 541 g/mol. The lowest BCUT2D eigenvalue weighted by molar-refractivity contribution is -0.147. The van der Waals surface area contributed by atoms with Crippen molar-refractivity contribution in [3.63, 3.8) is 0 Å². The first-order valence-electron chi connectivity index (χ1n) is 11.6. The molecule has 176 valence electrons. The number of anilines is 2. The van der Waals surface area contributed by atoms with Crippen LogP contribution >= 0.6 is 27.3 Å². The first-order valence-corrected chi connectivity index (χ1v) is 13.2. The molecule has 1 amide bonds. The van der Waals surface area contributed by atoms with Crippen molar-refractivity contribution in [2.45, 2.75) is 45.3 Å². The van der Waals surface area contributed by atoms with E-state index in [9.17, 15) is 4.79 Å². The zero-order valence-corrected chi connectivity index (χ0v) is 21.4. The van der Waals surface area contributed by atoms with Crippen LogP contribution in [0.3, 0.4) is 0 Å². The maximum absolute atomic E-state index is 13.3. The number of thiophene rings is 1. The molecular formula is C24H25BrN6O2S. The highest BCUT2D eigenvalue weighted by molar-refractivity contribution is 9.10. The summed E-state index contributed by atoms with van der Waals surface area (Å²) in [6.45, 7) is 5.43. The van der Waals surface area contributed by atoms with Crippen molar-refractivity contribution >= 4 is 65.8 Å². The van der Waals surface area contributed by atoms with Crippen molar-refractivity contribution in [1.29, 1.82) is 0 Å². The lowest BCUT2D eigenvalue weighted by atomic mass is 9.86. The summed E-state index contributed by atoms with van der Waals surface area (Å²) in [4.78, 5) is 26.7. The average Bonchev–Trinajstić information content (AvgIpc) is 3.41. The lowest BCUT2D eigenvalue weighted by Crippen LogP contribution is -2.50. The molecule has 1 fully saturated rings. The summed E-state index contributed by atoms with van der Waals surface area (Å²) in [6.07, 6.45) is 6.04. The van der Waals surface area contributed by atoms with E-state index in [1.807, 2.05) is 31.0 Å². The molecule has 0 unspecified atom stereocenters. The third-order valence-corrected chi connectivity index (χ3v) is 8.53. The zero-order chi connectivity index (χ0) is 23.4. The minimum absolute atomic E-state index is 0.0140. The number of halogens is 1. The van der Waals surface area contributed by atoms with Gasteiger partial charge in [0.25, 0.3) is 0 Å². The van der Waals surface area contributed by atoms with Crippen LogP contribution in [-0.2, 0) is 22.4 Å². The van der Waals surface area contributed by atoms with Gasteiger partial charge in [0.1, 0.15) is 17.0 Å². The number of ether oxygens (including phenoxy) is 1. The van der Waals surface area contributed by atoms with Crippen LogP contribution in [0.15, 0.2) is 29.1 Å². The Morgan fingerprint density at radius 1 is 1.26 bits per heavy atom. The van der Waals surface area contributed by atoms with Crippen LogP contribution in [0, 0.1) is 5.92 Å². The van der Waals surface area contributed by atoms with E-state index >= 15 is 0 Å². The smallest absolute Gasteiger partial charge is 0.226 e. The highest BCUT2D eigenvalue weighted by atomic mass is 79.9. The molecule has 8 nitrogen and oxygen atoms in total. The Morgan fingerprint density at radius 2 is 2.09 bits per heavy atom. The minimum atomic E-state index is 0.0140. The molecule has 3 aromatic heterocycles.